The average Bonchev–Trinajstić information content (AvgIpc) is 2.63. The fourth-order valence-electron chi connectivity index (χ4n) is 4.83. The second-order valence-corrected chi connectivity index (χ2v) is 8.18. The van der Waals surface area contributed by atoms with Crippen molar-refractivity contribution >= 4 is 5.78 Å². The van der Waals surface area contributed by atoms with Crippen LogP contribution >= 0.6 is 0 Å². The molecular formula is C23H31FO. The highest BCUT2D eigenvalue weighted by Crippen LogP contribution is 2.38. The Hall–Kier alpha value is -1.44. The molecule has 0 spiro atoms. The van der Waals surface area contributed by atoms with Crippen LogP contribution in [0.1, 0.15) is 75.7 Å². The Morgan fingerprint density at radius 3 is 2.28 bits per heavy atom. The Morgan fingerprint density at radius 1 is 0.960 bits per heavy atom. The van der Waals surface area contributed by atoms with E-state index in [2.05, 4.69) is 12.7 Å². The van der Waals surface area contributed by atoms with E-state index in [1.54, 1.807) is 0 Å². The van der Waals surface area contributed by atoms with Gasteiger partial charge < -0.3 is 0 Å². The fourth-order valence-corrected chi connectivity index (χ4v) is 4.83. The lowest BCUT2D eigenvalue weighted by Crippen LogP contribution is -2.25. The van der Waals surface area contributed by atoms with Crippen molar-refractivity contribution in [1.82, 2.24) is 0 Å². The number of hydrogen-bond donors (Lipinski definition) is 0. The first-order chi connectivity index (χ1) is 12.2. The summed E-state index contributed by atoms with van der Waals surface area (Å²) in [4.78, 5) is 12.6. The van der Waals surface area contributed by atoms with Crippen molar-refractivity contribution in [3.63, 3.8) is 0 Å². The van der Waals surface area contributed by atoms with Crippen molar-refractivity contribution in [3.8, 4) is 0 Å². The molecule has 0 heterocycles. The van der Waals surface area contributed by atoms with E-state index in [1.807, 2.05) is 12.1 Å². The summed E-state index contributed by atoms with van der Waals surface area (Å²) < 4.78 is 13.1. The summed E-state index contributed by atoms with van der Waals surface area (Å²) >= 11 is 0. The van der Waals surface area contributed by atoms with Crippen molar-refractivity contribution in [2.24, 2.45) is 17.8 Å². The third kappa shape index (κ3) is 5.03. The van der Waals surface area contributed by atoms with Gasteiger partial charge in [0.2, 0.25) is 0 Å². The first-order valence-electron chi connectivity index (χ1n) is 10.0. The zero-order valence-corrected chi connectivity index (χ0v) is 15.3. The van der Waals surface area contributed by atoms with Crippen LogP contribution in [0.5, 0.6) is 0 Å². The van der Waals surface area contributed by atoms with Crippen molar-refractivity contribution < 1.29 is 9.18 Å². The molecule has 0 radical (unpaired) electrons. The van der Waals surface area contributed by atoms with E-state index in [0.717, 1.165) is 36.7 Å². The number of Topliss-reactive ketones (excluding diaryl/α,β-unsaturated/α-hetero) is 1. The molecule has 2 saturated carbocycles. The molecule has 3 rings (SSSR count). The van der Waals surface area contributed by atoms with Crippen molar-refractivity contribution in [2.45, 2.75) is 70.1 Å². The zero-order chi connectivity index (χ0) is 17.6. The Balaban J connectivity index is 1.42. The Morgan fingerprint density at radius 2 is 1.64 bits per heavy atom. The van der Waals surface area contributed by atoms with Crippen LogP contribution in [0.4, 0.5) is 4.39 Å². The summed E-state index contributed by atoms with van der Waals surface area (Å²) in [5.74, 6) is 2.46. The summed E-state index contributed by atoms with van der Waals surface area (Å²) in [6.45, 7) is 3.86. The number of benzene rings is 1. The van der Waals surface area contributed by atoms with Crippen LogP contribution in [0.2, 0.25) is 0 Å². The van der Waals surface area contributed by atoms with Gasteiger partial charge in [-0.3, -0.25) is 4.79 Å². The van der Waals surface area contributed by atoms with E-state index in [1.165, 1.54) is 50.7 Å². The molecule has 0 bridgehead atoms. The highest BCUT2D eigenvalue weighted by molar-refractivity contribution is 5.82. The van der Waals surface area contributed by atoms with Gasteiger partial charge in [0.1, 0.15) is 11.6 Å². The molecule has 25 heavy (non-hydrogen) atoms. The molecule has 2 aliphatic carbocycles. The van der Waals surface area contributed by atoms with Gasteiger partial charge in [0.05, 0.1) is 0 Å². The largest absolute Gasteiger partial charge is 0.299 e. The zero-order valence-electron chi connectivity index (χ0n) is 15.3. The molecule has 2 heteroatoms. The van der Waals surface area contributed by atoms with Gasteiger partial charge in [-0.25, -0.2) is 4.39 Å². The van der Waals surface area contributed by atoms with Crippen LogP contribution in [-0.2, 0) is 4.79 Å². The Bertz CT molecular complexity index is 568. The van der Waals surface area contributed by atoms with Crippen molar-refractivity contribution in [3.05, 3.63) is 48.3 Å². The van der Waals surface area contributed by atoms with Gasteiger partial charge in [-0.05, 0) is 80.4 Å². The monoisotopic (exact) mass is 342 g/mol. The summed E-state index contributed by atoms with van der Waals surface area (Å²) in [6, 6.07) is 6.70. The van der Waals surface area contributed by atoms with Gasteiger partial charge in [-0.2, -0.15) is 0 Å². The van der Waals surface area contributed by atoms with Crippen LogP contribution in [-0.4, -0.2) is 5.78 Å². The highest BCUT2D eigenvalue weighted by atomic mass is 19.1. The van der Waals surface area contributed by atoms with Crippen LogP contribution in [0.15, 0.2) is 36.9 Å². The summed E-state index contributed by atoms with van der Waals surface area (Å²) in [7, 11) is 0. The molecule has 0 N–H and O–H groups in total. The van der Waals surface area contributed by atoms with Crippen molar-refractivity contribution in [2.75, 3.05) is 0 Å². The van der Waals surface area contributed by atoms with Gasteiger partial charge in [0.25, 0.3) is 0 Å². The molecular weight excluding hydrogens is 311 g/mol. The molecule has 2 aliphatic rings. The number of carbonyl (C=O) groups is 1. The first-order valence-corrected chi connectivity index (χ1v) is 10.0. The second kappa shape index (κ2) is 8.78. The molecule has 0 aromatic heterocycles. The maximum absolute atomic E-state index is 13.1. The number of allylic oxidation sites excluding steroid dienone is 1. The molecule has 1 aromatic rings. The predicted molar refractivity (Wildman–Crippen MR) is 101 cm³/mol. The summed E-state index contributed by atoms with van der Waals surface area (Å²) in [5, 5.41) is 0. The quantitative estimate of drug-likeness (QED) is 0.544. The van der Waals surface area contributed by atoms with Crippen LogP contribution in [0.25, 0.3) is 0 Å². The lowest BCUT2D eigenvalue weighted by Gasteiger charge is -2.31. The minimum atomic E-state index is -0.202. The van der Waals surface area contributed by atoms with Gasteiger partial charge in [0, 0.05) is 12.3 Å². The Labute approximate surface area is 151 Å². The van der Waals surface area contributed by atoms with E-state index in [4.69, 9.17) is 0 Å². The van der Waals surface area contributed by atoms with E-state index in [9.17, 15) is 9.18 Å². The lowest BCUT2D eigenvalue weighted by atomic mass is 9.73. The molecule has 0 aliphatic heterocycles. The van der Waals surface area contributed by atoms with Gasteiger partial charge >= 0.3 is 0 Å². The molecule has 0 amide bonds. The fraction of sp³-hybridized carbons (Fsp3) is 0.609. The molecule has 0 unspecified atom stereocenters. The van der Waals surface area contributed by atoms with E-state index in [-0.39, 0.29) is 11.7 Å². The second-order valence-electron chi connectivity index (χ2n) is 8.18. The number of rotatable bonds is 6. The number of ketones is 1. The summed E-state index contributed by atoms with van der Waals surface area (Å²) in [6.07, 6.45) is 13.6. The average molecular weight is 342 g/mol. The highest BCUT2D eigenvalue weighted by Gasteiger charge is 2.30. The predicted octanol–water partition coefficient (Wildman–Crippen LogP) is 6.44. The van der Waals surface area contributed by atoms with Crippen LogP contribution in [0.3, 0.4) is 0 Å². The maximum atomic E-state index is 13.1. The molecule has 0 saturated heterocycles. The molecule has 2 atom stereocenters. The van der Waals surface area contributed by atoms with Crippen molar-refractivity contribution in [1.29, 1.82) is 0 Å². The van der Waals surface area contributed by atoms with E-state index < -0.39 is 0 Å². The van der Waals surface area contributed by atoms with E-state index >= 15 is 0 Å². The topological polar surface area (TPSA) is 17.1 Å². The summed E-state index contributed by atoms with van der Waals surface area (Å²) in [5.41, 5.74) is 1.12. The molecule has 1 nitrogen and oxygen atoms in total. The minimum Gasteiger partial charge on any atom is -0.299 e. The van der Waals surface area contributed by atoms with Gasteiger partial charge in [0.15, 0.2) is 0 Å². The number of carbonyl (C=O) groups excluding carboxylic acids is 1. The number of halogens is 1. The molecule has 1 aromatic carbocycles. The lowest BCUT2D eigenvalue weighted by molar-refractivity contribution is -0.125. The smallest absolute Gasteiger partial charge is 0.136 e. The Kier molecular flexibility index (Phi) is 6.45. The maximum Gasteiger partial charge on any atom is 0.136 e. The standard InChI is InChI=1S/C23H31FO/c1-2-3-17-4-6-18(7-5-17)8-9-20-10-11-21(16-23(20)25)19-12-14-22(24)15-13-19/h2,12-15,17-18,20-21H,1,3-11,16H2/t17?,18?,20-,21-/m1/s1. The molecule has 2 fully saturated rings. The van der Waals surface area contributed by atoms with E-state index in [0.29, 0.717) is 18.1 Å². The first kappa shape index (κ1) is 18.4. The number of hydrogen-bond acceptors (Lipinski definition) is 1. The molecule has 136 valence electrons. The van der Waals surface area contributed by atoms with Crippen LogP contribution in [0, 0.1) is 23.6 Å². The third-order valence-corrected chi connectivity index (χ3v) is 6.50. The normalized spacial score (nSPS) is 30.2. The SMILES string of the molecule is C=CCC1CCC(CC[C@@H]2CC[C@@H](c3ccc(F)cc3)CC2=O)CC1. The van der Waals surface area contributed by atoms with Crippen LogP contribution < -0.4 is 0 Å². The van der Waals surface area contributed by atoms with Gasteiger partial charge in [-0.15, -0.1) is 6.58 Å². The van der Waals surface area contributed by atoms with Gasteiger partial charge in [-0.1, -0.05) is 31.1 Å². The minimum absolute atomic E-state index is 0.202. The third-order valence-electron chi connectivity index (χ3n) is 6.50.